The zero-order valence-corrected chi connectivity index (χ0v) is 22.2. The van der Waals surface area contributed by atoms with Gasteiger partial charge in [0.25, 0.3) is 10.0 Å². The van der Waals surface area contributed by atoms with Gasteiger partial charge in [0.15, 0.2) is 17.3 Å². The molecule has 1 atom stereocenters. The summed E-state index contributed by atoms with van der Waals surface area (Å²) in [6.07, 6.45) is 0. The number of methoxy groups -OCH3 is 3. The van der Waals surface area contributed by atoms with E-state index in [-0.39, 0.29) is 45.9 Å². The van der Waals surface area contributed by atoms with Crippen molar-refractivity contribution < 1.29 is 32.5 Å². The number of nitrogens with two attached hydrogens (primary N) is 1. The summed E-state index contributed by atoms with van der Waals surface area (Å²) in [5.41, 5.74) is 7.98. The summed E-state index contributed by atoms with van der Waals surface area (Å²) in [5.74, 6) is -0.977. The first kappa shape index (κ1) is 25.8. The standard InChI is InChI=1S/C28H25N3O7S/c1-35-18-8-6-7-16(11-18)15-31-21-10-5-4-9-19(21)26-27(39(31,33)34)24(20(14-29)28(30)38-26)17-12-22(36-2)25(32)23(13-17)37-3/h4-13,24,32H,15,30H2,1-3H3/t24-/m1/s1. The monoisotopic (exact) mass is 547 g/mol. The van der Waals surface area contributed by atoms with Gasteiger partial charge in [0, 0.05) is 5.56 Å². The van der Waals surface area contributed by atoms with Gasteiger partial charge in [0.05, 0.1) is 39.5 Å². The number of aromatic hydroxyl groups is 1. The number of phenolic OH excluding ortho intramolecular Hbond substituents is 1. The molecule has 200 valence electrons. The first-order chi connectivity index (χ1) is 18.7. The fraction of sp³-hybridized carbons (Fsp3) is 0.179. The molecule has 3 aromatic rings. The molecule has 0 amide bonds. The molecule has 2 aliphatic heterocycles. The molecule has 2 aliphatic rings. The van der Waals surface area contributed by atoms with Crippen LogP contribution in [0, 0.1) is 11.3 Å². The van der Waals surface area contributed by atoms with Gasteiger partial charge in [-0.1, -0.05) is 24.3 Å². The molecule has 0 spiro atoms. The minimum Gasteiger partial charge on any atom is -0.502 e. The molecule has 0 saturated heterocycles. The molecule has 39 heavy (non-hydrogen) atoms. The van der Waals surface area contributed by atoms with E-state index in [1.807, 2.05) is 6.07 Å². The lowest BCUT2D eigenvalue weighted by Crippen LogP contribution is -2.39. The van der Waals surface area contributed by atoms with Crippen LogP contribution in [0.3, 0.4) is 0 Å². The van der Waals surface area contributed by atoms with E-state index in [4.69, 9.17) is 24.7 Å². The van der Waals surface area contributed by atoms with Gasteiger partial charge in [-0.25, -0.2) is 8.42 Å². The van der Waals surface area contributed by atoms with Crippen molar-refractivity contribution in [3.05, 3.63) is 93.7 Å². The number of nitriles is 1. The number of anilines is 1. The Bertz CT molecular complexity index is 1660. The number of hydrogen-bond acceptors (Lipinski definition) is 9. The van der Waals surface area contributed by atoms with Gasteiger partial charge in [0.2, 0.25) is 11.6 Å². The van der Waals surface area contributed by atoms with Gasteiger partial charge in [-0.15, -0.1) is 0 Å². The summed E-state index contributed by atoms with van der Waals surface area (Å²) in [4.78, 5) is -0.162. The Hall–Kier alpha value is -4.82. The highest BCUT2D eigenvalue weighted by atomic mass is 32.2. The van der Waals surface area contributed by atoms with Crippen LogP contribution in [0.25, 0.3) is 5.76 Å². The summed E-state index contributed by atoms with van der Waals surface area (Å²) in [7, 11) is -0.0653. The first-order valence-corrected chi connectivity index (χ1v) is 13.2. The lowest BCUT2D eigenvalue weighted by atomic mass is 9.87. The van der Waals surface area contributed by atoms with Crippen molar-refractivity contribution in [2.24, 2.45) is 5.73 Å². The highest BCUT2D eigenvalue weighted by Crippen LogP contribution is 2.53. The third-order valence-corrected chi connectivity index (χ3v) is 8.54. The second kappa shape index (κ2) is 9.81. The van der Waals surface area contributed by atoms with Crippen LogP contribution in [0.5, 0.6) is 23.0 Å². The molecule has 0 aromatic heterocycles. The van der Waals surface area contributed by atoms with E-state index in [0.29, 0.717) is 28.1 Å². The lowest BCUT2D eigenvalue weighted by molar-refractivity contribution is 0.338. The fourth-order valence-electron chi connectivity index (χ4n) is 4.83. The number of para-hydroxylation sites is 1. The zero-order valence-electron chi connectivity index (χ0n) is 21.3. The SMILES string of the molecule is COc1cccc(CN2c3ccccc3C3=C([C@H](c4cc(OC)c(O)c(OC)c4)C(C#N)=C(N)O3)S2(=O)=O)c1. The molecule has 0 saturated carbocycles. The highest BCUT2D eigenvalue weighted by molar-refractivity contribution is 7.96. The molecule has 0 fully saturated rings. The third-order valence-electron chi connectivity index (χ3n) is 6.65. The van der Waals surface area contributed by atoms with Crippen LogP contribution in [0.4, 0.5) is 5.69 Å². The largest absolute Gasteiger partial charge is 0.502 e. The average Bonchev–Trinajstić information content (AvgIpc) is 2.94. The van der Waals surface area contributed by atoms with Crippen molar-refractivity contribution >= 4 is 21.5 Å². The molecule has 11 heteroatoms. The maximum Gasteiger partial charge on any atom is 0.265 e. The van der Waals surface area contributed by atoms with Gasteiger partial charge >= 0.3 is 0 Å². The van der Waals surface area contributed by atoms with Crippen LogP contribution in [-0.2, 0) is 21.3 Å². The number of fused-ring (bicyclic) bond motifs is 2. The van der Waals surface area contributed by atoms with Gasteiger partial charge < -0.3 is 29.8 Å². The first-order valence-electron chi connectivity index (χ1n) is 11.8. The fourth-order valence-corrected chi connectivity index (χ4v) is 6.74. The van der Waals surface area contributed by atoms with Crippen LogP contribution >= 0.6 is 0 Å². The van der Waals surface area contributed by atoms with E-state index in [1.54, 1.807) is 48.5 Å². The topological polar surface area (TPSA) is 144 Å². The number of rotatable bonds is 6. The third kappa shape index (κ3) is 4.15. The van der Waals surface area contributed by atoms with E-state index in [1.165, 1.54) is 37.8 Å². The Labute approximate surface area is 225 Å². The van der Waals surface area contributed by atoms with E-state index < -0.39 is 15.9 Å². The second-order valence-corrected chi connectivity index (χ2v) is 10.6. The van der Waals surface area contributed by atoms with Crippen molar-refractivity contribution in [2.45, 2.75) is 12.5 Å². The molecular weight excluding hydrogens is 522 g/mol. The molecule has 0 unspecified atom stereocenters. The Morgan fingerprint density at radius 1 is 1.03 bits per heavy atom. The van der Waals surface area contributed by atoms with Crippen LogP contribution in [-0.4, -0.2) is 34.9 Å². The summed E-state index contributed by atoms with van der Waals surface area (Å²) < 4.78 is 52.0. The maximum absolute atomic E-state index is 14.5. The summed E-state index contributed by atoms with van der Waals surface area (Å²) in [6.45, 7) is -0.0106. The Kier molecular flexibility index (Phi) is 6.49. The molecular formula is C28H25N3O7S. The minimum atomic E-state index is -4.31. The number of benzene rings is 3. The normalized spacial score (nSPS) is 17.5. The Morgan fingerprint density at radius 2 is 1.72 bits per heavy atom. The number of ether oxygens (including phenoxy) is 4. The van der Waals surface area contributed by atoms with Crippen LogP contribution in [0.2, 0.25) is 0 Å². The van der Waals surface area contributed by atoms with Crippen LogP contribution < -0.4 is 24.2 Å². The average molecular weight is 548 g/mol. The summed E-state index contributed by atoms with van der Waals surface area (Å²) in [5, 5.41) is 20.6. The summed E-state index contributed by atoms with van der Waals surface area (Å²) >= 11 is 0. The Morgan fingerprint density at radius 3 is 2.36 bits per heavy atom. The van der Waals surface area contributed by atoms with Gasteiger partial charge in [-0.3, -0.25) is 4.31 Å². The molecule has 2 heterocycles. The molecule has 3 aromatic carbocycles. The highest BCUT2D eigenvalue weighted by Gasteiger charge is 2.47. The number of hydrogen-bond donors (Lipinski definition) is 2. The molecule has 10 nitrogen and oxygen atoms in total. The number of nitrogens with zero attached hydrogens (tertiary/aromatic N) is 2. The minimum absolute atomic E-state index is 0.0106. The molecule has 0 aliphatic carbocycles. The maximum atomic E-state index is 14.5. The van der Waals surface area contributed by atoms with E-state index in [0.717, 1.165) is 0 Å². The van der Waals surface area contributed by atoms with E-state index >= 15 is 0 Å². The second-order valence-electron chi connectivity index (χ2n) is 8.77. The number of sulfonamides is 1. The molecule has 5 rings (SSSR count). The lowest BCUT2D eigenvalue weighted by Gasteiger charge is -2.38. The van der Waals surface area contributed by atoms with Gasteiger partial charge in [0.1, 0.15) is 22.3 Å². The van der Waals surface area contributed by atoms with Crippen LogP contribution in [0.1, 0.15) is 22.6 Å². The van der Waals surface area contributed by atoms with Crippen molar-refractivity contribution in [1.29, 1.82) is 5.26 Å². The predicted molar refractivity (Wildman–Crippen MR) is 143 cm³/mol. The van der Waals surface area contributed by atoms with Gasteiger partial charge in [-0.2, -0.15) is 5.26 Å². The number of allylic oxidation sites excluding steroid dienone is 2. The van der Waals surface area contributed by atoms with Crippen molar-refractivity contribution in [3.8, 4) is 29.1 Å². The number of phenols is 1. The Balaban J connectivity index is 1.77. The molecule has 0 radical (unpaired) electrons. The molecule has 0 bridgehead atoms. The van der Waals surface area contributed by atoms with Crippen molar-refractivity contribution in [1.82, 2.24) is 0 Å². The van der Waals surface area contributed by atoms with E-state index in [2.05, 4.69) is 0 Å². The molecule has 3 N–H and O–H groups in total. The van der Waals surface area contributed by atoms with E-state index in [9.17, 15) is 18.8 Å². The van der Waals surface area contributed by atoms with Crippen molar-refractivity contribution in [2.75, 3.05) is 25.6 Å². The smallest absolute Gasteiger partial charge is 0.265 e. The van der Waals surface area contributed by atoms with Crippen LogP contribution in [0.15, 0.2) is 77.0 Å². The predicted octanol–water partition coefficient (Wildman–Crippen LogP) is 3.94. The summed E-state index contributed by atoms with van der Waals surface area (Å²) in [6, 6.07) is 18.9. The van der Waals surface area contributed by atoms with Crippen molar-refractivity contribution in [3.63, 3.8) is 0 Å². The zero-order chi connectivity index (χ0) is 27.9. The van der Waals surface area contributed by atoms with Gasteiger partial charge in [-0.05, 0) is 47.5 Å². The quantitative estimate of drug-likeness (QED) is 0.469.